The Balaban J connectivity index is 2.22. The molecule has 0 aliphatic heterocycles. The maximum Gasteiger partial charge on any atom is 0.293 e. The summed E-state index contributed by atoms with van der Waals surface area (Å²) in [6, 6.07) is 0.331. The molecule has 0 amide bonds. The van der Waals surface area contributed by atoms with Gasteiger partial charge in [0.2, 0.25) is 0 Å². The van der Waals surface area contributed by atoms with Crippen LogP contribution < -0.4 is 10.5 Å². The maximum absolute atomic E-state index is 12.3. The number of rotatable bonds is 7. The first kappa shape index (κ1) is 13.0. The lowest BCUT2D eigenvalue weighted by atomic mass is 10.4. The minimum absolute atomic E-state index is 0.0108. The summed E-state index contributed by atoms with van der Waals surface area (Å²) >= 11 is 0. The van der Waals surface area contributed by atoms with Crippen LogP contribution in [0.25, 0.3) is 0 Å². The fraction of sp³-hybridized carbons (Fsp3) is 0.667. The smallest absolute Gasteiger partial charge is 0.293 e. The molecule has 0 aromatic carbocycles. The molecule has 0 radical (unpaired) electrons. The van der Waals surface area contributed by atoms with Crippen molar-refractivity contribution in [2.75, 3.05) is 38.3 Å². The van der Waals surface area contributed by atoms with Crippen LogP contribution in [0.1, 0.15) is 18.9 Å². The van der Waals surface area contributed by atoms with Gasteiger partial charge in [0.15, 0.2) is 5.82 Å². The second kappa shape index (κ2) is 5.97. The van der Waals surface area contributed by atoms with E-state index in [1.807, 2.05) is 0 Å². The van der Waals surface area contributed by atoms with Gasteiger partial charge in [-0.3, -0.25) is 4.79 Å². The molecule has 6 heteroatoms. The van der Waals surface area contributed by atoms with Crippen LogP contribution in [0.2, 0.25) is 0 Å². The highest BCUT2D eigenvalue weighted by Crippen LogP contribution is 2.33. The Morgan fingerprint density at radius 2 is 2.33 bits per heavy atom. The normalized spacial score (nSPS) is 14.8. The van der Waals surface area contributed by atoms with Crippen molar-refractivity contribution in [2.24, 2.45) is 0 Å². The van der Waals surface area contributed by atoms with Gasteiger partial charge in [-0.1, -0.05) is 0 Å². The Labute approximate surface area is 106 Å². The zero-order valence-electron chi connectivity index (χ0n) is 10.6. The highest BCUT2D eigenvalue weighted by Gasteiger charge is 2.26. The van der Waals surface area contributed by atoms with Crippen LogP contribution >= 0.6 is 0 Å². The lowest BCUT2D eigenvalue weighted by Crippen LogP contribution is -2.37. The molecule has 1 aliphatic rings. The molecular formula is C12H19N3O3. The zero-order chi connectivity index (χ0) is 13.0. The number of ether oxygens (including phenoxy) is 1. The van der Waals surface area contributed by atoms with E-state index < -0.39 is 0 Å². The van der Waals surface area contributed by atoms with E-state index in [2.05, 4.69) is 4.98 Å². The standard InChI is InChI=1S/C12H19N3O3/c1-18-9-7-14(6-8-16)11-12(17)15(5-4-13-11)10-2-3-10/h4-5,10,16H,2-3,6-9H2,1H3. The number of aliphatic hydroxyl groups excluding tert-OH is 1. The van der Waals surface area contributed by atoms with Crippen molar-refractivity contribution in [1.82, 2.24) is 9.55 Å². The molecule has 1 aromatic heterocycles. The number of hydrogen-bond donors (Lipinski definition) is 1. The summed E-state index contributed by atoms with van der Waals surface area (Å²) in [6.45, 7) is 1.43. The summed E-state index contributed by atoms with van der Waals surface area (Å²) in [6.07, 6.45) is 5.49. The van der Waals surface area contributed by atoms with Crippen LogP contribution in [0.15, 0.2) is 17.2 Å². The molecule has 18 heavy (non-hydrogen) atoms. The minimum Gasteiger partial charge on any atom is -0.395 e. The van der Waals surface area contributed by atoms with Crippen LogP contribution in [0.3, 0.4) is 0 Å². The van der Waals surface area contributed by atoms with Crippen molar-refractivity contribution in [3.05, 3.63) is 22.7 Å². The molecule has 1 fully saturated rings. The lowest BCUT2D eigenvalue weighted by Gasteiger charge is -2.22. The van der Waals surface area contributed by atoms with Crippen molar-refractivity contribution in [3.8, 4) is 0 Å². The predicted octanol–water partition coefficient (Wildman–Crippen LogP) is 0.0233. The van der Waals surface area contributed by atoms with Crippen LogP contribution in [0.4, 0.5) is 5.82 Å². The number of hydrogen-bond acceptors (Lipinski definition) is 5. The summed E-state index contributed by atoms with van der Waals surface area (Å²) in [5.41, 5.74) is -0.0791. The topological polar surface area (TPSA) is 67.6 Å². The quantitative estimate of drug-likeness (QED) is 0.742. The summed E-state index contributed by atoms with van der Waals surface area (Å²) in [5, 5.41) is 9.06. The van der Waals surface area contributed by atoms with Gasteiger partial charge in [0, 0.05) is 38.6 Å². The average molecular weight is 253 g/mol. The summed E-state index contributed by atoms with van der Waals surface area (Å²) < 4.78 is 6.75. The Bertz CT molecular complexity index is 442. The van der Waals surface area contributed by atoms with Gasteiger partial charge >= 0.3 is 0 Å². The second-order valence-electron chi connectivity index (χ2n) is 4.40. The molecule has 1 saturated carbocycles. The summed E-state index contributed by atoms with van der Waals surface area (Å²) in [7, 11) is 1.61. The molecule has 1 heterocycles. The number of anilines is 1. The van der Waals surface area contributed by atoms with E-state index in [4.69, 9.17) is 9.84 Å². The molecule has 0 saturated heterocycles. The molecule has 0 unspecified atom stereocenters. The third kappa shape index (κ3) is 2.88. The van der Waals surface area contributed by atoms with Crippen LogP contribution in [0, 0.1) is 0 Å². The van der Waals surface area contributed by atoms with Gasteiger partial charge in [-0.2, -0.15) is 0 Å². The molecule has 0 bridgehead atoms. The van der Waals surface area contributed by atoms with E-state index in [-0.39, 0.29) is 12.2 Å². The third-order valence-corrected chi connectivity index (χ3v) is 3.02. The fourth-order valence-electron chi connectivity index (χ4n) is 1.92. The zero-order valence-corrected chi connectivity index (χ0v) is 10.6. The highest BCUT2D eigenvalue weighted by molar-refractivity contribution is 5.35. The van der Waals surface area contributed by atoms with E-state index in [1.165, 1.54) is 0 Å². The van der Waals surface area contributed by atoms with Crippen molar-refractivity contribution < 1.29 is 9.84 Å². The van der Waals surface area contributed by atoms with Gasteiger partial charge in [-0.15, -0.1) is 0 Å². The van der Waals surface area contributed by atoms with E-state index in [0.717, 1.165) is 12.8 Å². The van der Waals surface area contributed by atoms with E-state index in [0.29, 0.717) is 31.6 Å². The maximum atomic E-state index is 12.3. The number of aromatic nitrogens is 2. The molecule has 6 nitrogen and oxygen atoms in total. The highest BCUT2D eigenvalue weighted by atomic mass is 16.5. The van der Waals surface area contributed by atoms with Gasteiger partial charge in [0.05, 0.1) is 13.2 Å². The largest absolute Gasteiger partial charge is 0.395 e. The molecule has 0 spiro atoms. The fourth-order valence-corrected chi connectivity index (χ4v) is 1.92. The number of methoxy groups -OCH3 is 1. The molecule has 1 aliphatic carbocycles. The van der Waals surface area contributed by atoms with Gasteiger partial charge in [-0.05, 0) is 12.8 Å². The van der Waals surface area contributed by atoms with Gasteiger partial charge in [-0.25, -0.2) is 4.98 Å². The monoisotopic (exact) mass is 253 g/mol. The Kier molecular flexibility index (Phi) is 4.33. The van der Waals surface area contributed by atoms with Crippen LogP contribution in [-0.4, -0.2) is 48.1 Å². The van der Waals surface area contributed by atoms with Crippen molar-refractivity contribution in [3.63, 3.8) is 0 Å². The number of nitrogens with zero attached hydrogens (tertiary/aromatic N) is 3. The molecular weight excluding hydrogens is 234 g/mol. The van der Waals surface area contributed by atoms with E-state index in [9.17, 15) is 4.79 Å². The van der Waals surface area contributed by atoms with Gasteiger partial charge in [0.1, 0.15) is 0 Å². The SMILES string of the molecule is COCCN(CCO)c1nccn(C2CC2)c1=O. The predicted molar refractivity (Wildman–Crippen MR) is 67.9 cm³/mol. The van der Waals surface area contributed by atoms with E-state index >= 15 is 0 Å². The Morgan fingerprint density at radius 3 is 2.94 bits per heavy atom. The van der Waals surface area contributed by atoms with Gasteiger partial charge in [0.25, 0.3) is 5.56 Å². The second-order valence-corrected chi connectivity index (χ2v) is 4.40. The third-order valence-electron chi connectivity index (χ3n) is 3.02. The van der Waals surface area contributed by atoms with E-state index in [1.54, 1.807) is 29.0 Å². The molecule has 1 N–H and O–H groups in total. The van der Waals surface area contributed by atoms with Gasteiger partial charge < -0.3 is 19.3 Å². The lowest BCUT2D eigenvalue weighted by molar-refractivity contribution is 0.202. The summed E-state index contributed by atoms with van der Waals surface area (Å²) in [4.78, 5) is 18.2. The first-order chi connectivity index (χ1) is 8.77. The Hall–Kier alpha value is -1.40. The van der Waals surface area contributed by atoms with Crippen LogP contribution in [-0.2, 0) is 4.74 Å². The van der Waals surface area contributed by atoms with Crippen molar-refractivity contribution >= 4 is 5.82 Å². The molecule has 0 atom stereocenters. The molecule has 1 aromatic rings. The minimum atomic E-state index is -0.0791. The number of aliphatic hydroxyl groups is 1. The first-order valence-electron chi connectivity index (χ1n) is 6.19. The average Bonchev–Trinajstić information content (AvgIpc) is 3.19. The Morgan fingerprint density at radius 1 is 1.56 bits per heavy atom. The van der Waals surface area contributed by atoms with Crippen molar-refractivity contribution in [2.45, 2.75) is 18.9 Å². The molecule has 100 valence electrons. The van der Waals surface area contributed by atoms with Crippen molar-refractivity contribution in [1.29, 1.82) is 0 Å². The first-order valence-corrected chi connectivity index (χ1v) is 6.19. The molecule has 2 rings (SSSR count). The summed E-state index contributed by atoms with van der Waals surface area (Å²) in [5.74, 6) is 0.399. The van der Waals surface area contributed by atoms with Crippen LogP contribution in [0.5, 0.6) is 0 Å².